The highest BCUT2D eigenvalue weighted by Gasteiger charge is 2.22. The Morgan fingerprint density at radius 3 is 2.53 bits per heavy atom. The highest BCUT2D eigenvalue weighted by molar-refractivity contribution is 9.10. The Kier molecular flexibility index (Phi) is 2.95. The molecule has 1 aromatic heterocycles. The average molecular weight is 299 g/mol. The van der Waals surface area contributed by atoms with E-state index in [1.54, 1.807) is 24.3 Å². The number of hydrogen-bond donors (Lipinski definition) is 1. The second-order valence-electron chi connectivity index (χ2n) is 4.28. The number of benzene rings is 1. The molecule has 0 fully saturated rings. The Balaban J connectivity index is 2.44. The number of nitrogen functional groups attached to an aromatic ring is 1. The second kappa shape index (κ2) is 4.14. The van der Waals surface area contributed by atoms with Gasteiger partial charge < -0.3 is 10.3 Å². The summed E-state index contributed by atoms with van der Waals surface area (Å²) >= 11 is 3.35. The number of aromatic nitrogens is 1. The number of hydrogen-bond acceptors (Lipinski definition) is 3. The van der Waals surface area contributed by atoms with Gasteiger partial charge in [-0.2, -0.15) is 0 Å². The molecule has 0 unspecified atom stereocenters. The first-order valence-corrected chi connectivity index (χ1v) is 5.89. The molecule has 3 nitrogen and oxygen atoms in total. The molecule has 0 atom stereocenters. The topological polar surface area (TPSA) is 52.0 Å². The molecule has 2 rings (SSSR count). The van der Waals surface area contributed by atoms with Crippen molar-refractivity contribution in [3.63, 3.8) is 0 Å². The molecular weight excluding hydrogens is 287 g/mol. The zero-order valence-corrected chi connectivity index (χ0v) is 11.1. The maximum Gasteiger partial charge on any atom is 0.169 e. The largest absolute Gasteiger partial charge is 0.381 e. The van der Waals surface area contributed by atoms with E-state index in [-0.39, 0.29) is 0 Å². The zero-order chi connectivity index (χ0) is 12.6. The number of alkyl halides is 1. The smallest absolute Gasteiger partial charge is 0.169 e. The Labute approximate surface area is 107 Å². The molecule has 0 aliphatic carbocycles. The van der Waals surface area contributed by atoms with Crippen molar-refractivity contribution in [2.75, 3.05) is 5.73 Å². The van der Waals surface area contributed by atoms with E-state index in [1.807, 2.05) is 0 Å². The van der Waals surface area contributed by atoms with Crippen LogP contribution in [0, 0.1) is 0 Å². The van der Waals surface area contributed by atoms with Crippen molar-refractivity contribution in [3.05, 3.63) is 34.3 Å². The maximum atomic E-state index is 13.8. The van der Waals surface area contributed by atoms with Gasteiger partial charge in [-0.05, 0) is 19.9 Å². The molecule has 90 valence electrons. The van der Waals surface area contributed by atoms with E-state index >= 15 is 0 Å². The number of nitrogens with two attached hydrogens (primary N) is 1. The molecule has 0 saturated heterocycles. The monoisotopic (exact) mass is 298 g/mol. The van der Waals surface area contributed by atoms with Crippen molar-refractivity contribution in [3.8, 4) is 11.3 Å². The van der Waals surface area contributed by atoms with Gasteiger partial charge in [0.1, 0.15) is 5.67 Å². The third-order valence-electron chi connectivity index (χ3n) is 2.42. The average Bonchev–Trinajstić information content (AvgIpc) is 2.62. The van der Waals surface area contributed by atoms with Crippen molar-refractivity contribution in [1.29, 1.82) is 0 Å². The van der Waals surface area contributed by atoms with Crippen molar-refractivity contribution in [1.82, 2.24) is 5.16 Å². The molecule has 0 aliphatic rings. The summed E-state index contributed by atoms with van der Waals surface area (Å²) in [5.74, 6) is 0.887. The summed E-state index contributed by atoms with van der Waals surface area (Å²) in [4.78, 5) is 0. The van der Waals surface area contributed by atoms with E-state index < -0.39 is 5.67 Å². The molecule has 1 aromatic carbocycles. The van der Waals surface area contributed by atoms with Crippen LogP contribution < -0.4 is 5.73 Å². The number of nitrogens with zero attached hydrogens (tertiary/aromatic N) is 1. The maximum absolute atomic E-state index is 13.8. The normalized spacial score (nSPS) is 11.8. The van der Waals surface area contributed by atoms with E-state index in [2.05, 4.69) is 21.1 Å². The first-order valence-electron chi connectivity index (χ1n) is 5.09. The van der Waals surface area contributed by atoms with Gasteiger partial charge in [0, 0.05) is 21.7 Å². The molecule has 1 heterocycles. The zero-order valence-electron chi connectivity index (χ0n) is 9.50. The third kappa shape index (κ3) is 2.49. The molecule has 2 aromatic rings. The van der Waals surface area contributed by atoms with Gasteiger partial charge >= 0.3 is 0 Å². The summed E-state index contributed by atoms with van der Waals surface area (Å²) in [5.41, 5.74) is 5.48. The first-order chi connectivity index (χ1) is 7.88. The molecule has 17 heavy (non-hydrogen) atoms. The van der Waals surface area contributed by atoms with Gasteiger partial charge in [0.15, 0.2) is 11.6 Å². The molecular formula is C12H12BrFN2O. The quantitative estimate of drug-likeness (QED) is 0.915. The van der Waals surface area contributed by atoms with Gasteiger partial charge in [0.25, 0.3) is 0 Å². The standard InChI is InChI=1S/C12H12BrFN2O/c1-12(2,14)8-4-3-7(5-9(8)13)10-6-11(15)16-17-10/h3-6H,1-2H3,(H2,15,16). The Hall–Kier alpha value is -1.36. The minimum absolute atomic E-state index is 0.325. The summed E-state index contributed by atoms with van der Waals surface area (Å²) < 4.78 is 19.6. The summed E-state index contributed by atoms with van der Waals surface area (Å²) in [6.07, 6.45) is 0. The van der Waals surface area contributed by atoms with Crippen molar-refractivity contribution in [2.24, 2.45) is 0 Å². The fourth-order valence-electron chi connectivity index (χ4n) is 1.58. The highest BCUT2D eigenvalue weighted by atomic mass is 79.9. The lowest BCUT2D eigenvalue weighted by Gasteiger charge is -2.16. The third-order valence-corrected chi connectivity index (χ3v) is 3.08. The van der Waals surface area contributed by atoms with E-state index in [0.717, 1.165) is 5.56 Å². The molecule has 0 saturated carbocycles. The predicted octanol–water partition coefficient (Wildman–Crippen LogP) is 3.89. The van der Waals surface area contributed by atoms with Crippen LogP contribution in [0.1, 0.15) is 19.4 Å². The summed E-state index contributed by atoms with van der Waals surface area (Å²) in [5, 5.41) is 3.61. The Bertz CT molecular complexity index is 546. The van der Waals surface area contributed by atoms with Gasteiger partial charge in [-0.3, -0.25) is 0 Å². The van der Waals surface area contributed by atoms with Crippen LogP contribution in [0.15, 0.2) is 33.3 Å². The van der Waals surface area contributed by atoms with Crippen LogP contribution >= 0.6 is 15.9 Å². The fourth-order valence-corrected chi connectivity index (χ4v) is 2.43. The van der Waals surface area contributed by atoms with E-state index in [1.165, 1.54) is 13.8 Å². The van der Waals surface area contributed by atoms with Crippen LogP contribution in [0.3, 0.4) is 0 Å². The molecule has 0 amide bonds. The van der Waals surface area contributed by atoms with E-state index in [9.17, 15) is 4.39 Å². The molecule has 5 heteroatoms. The Morgan fingerprint density at radius 1 is 1.35 bits per heavy atom. The molecule has 0 radical (unpaired) electrons. The summed E-state index contributed by atoms with van der Waals surface area (Å²) in [6, 6.07) is 6.91. The van der Waals surface area contributed by atoms with Crippen LogP contribution in [0.5, 0.6) is 0 Å². The van der Waals surface area contributed by atoms with Gasteiger partial charge in [-0.15, -0.1) is 0 Å². The van der Waals surface area contributed by atoms with Crippen molar-refractivity contribution >= 4 is 21.7 Å². The number of anilines is 1. The fraction of sp³-hybridized carbons (Fsp3) is 0.250. The minimum atomic E-state index is -1.39. The van der Waals surface area contributed by atoms with Crippen molar-refractivity contribution < 1.29 is 8.91 Å². The Morgan fingerprint density at radius 2 is 2.06 bits per heavy atom. The van der Waals surface area contributed by atoms with Gasteiger partial charge in [-0.25, -0.2) is 4.39 Å². The van der Waals surface area contributed by atoms with Gasteiger partial charge in [-0.1, -0.05) is 33.2 Å². The lowest BCUT2D eigenvalue weighted by atomic mass is 9.98. The first kappa shape index (κ1) is 12.1. The van der Waals surface area contributed by atoms with Crippen LogP contribution in [0.25, 0.3) is 11.3 Å². The van der Waals surface area contributed by atoms with Crippen LogP contribution in [0.2, 0.25) is 0 Å². The SMILES string of the molecule is CC(C)(F)c1ccc(-c2cc(N)no2)cc1Br. The van der Waals surface area contributed by atoms with Gasteiger partial charge in [0.2, 0.25) is 0 Å². The van der Waals surface area contributed by atoms with Crippen LogP contribution in [-0.2, 0) is 5.67 Å². The van der Waals surface area contributed by atoms with Crippen LogP contribution in [0.4, 0.5) is 10.2 Å². The van der Waals surface area contributed by atoms with Gasteiger partial charge in [0.05, 0.1) is 0 Å². The number of rotatable bonds is 2. The predicted molar refractivity (Wildman–Crippen MR) is 68.2 cm³/mol. The van der Waals surface area contributed by atoms with E-state index in [0.29, 0.717) is 21.6 Å². The molecule has 2 N–H and O–H groups in total. The molecule has 0 spiro atoms. The molecule has 0 aliphatic heterocycles. The lowest BCUT2D eigenvalue weighted by Crippen LogP contribution is -2.09. The highest BCUT2D eigenvalue weighted by Crippen LogP contribution is 2.34. The summed E-state index contributed by atoms with van der Waals surface area (Å²) in [7, 11) is 0. The lowest BCUT2D eigenvalue weighted by molar-refractivity contribution is 0.220. The second-order valence-corrected chi connectivity index (χ2v) is 5.14. The molecule has 0 bridgehead atoms. The van der Waals surface area contributed by atoms with Crippen LogP contribution in [-0.4, -0.2) is 5.16 Å². The van der Waals surface area contributed by atoms with E-state index in [4.69, 9.17) is 10.3 Å². The summed E-state index contributed by atoms with van der Waals surface area (Å²) in [6.45, 7) is 3.03. The van der Waals surface area contributed by atoms with Crippen molar-refractivity contribution in [2.45, 2.75) is 19.5 Å². The minimum Gasteiger partial charge on any atom is -0.381 e. The number of halogens is 2.